The molecule has 0 saturated heterocycles. The number of aromatic hydroxyl groups is 1. The number of phenolic OH excluding ortho intramolecular Hbond substituents is 1. The lowest BCUT2D eigenvalue weighted by atomic mass is 9.90. The number of hydrogen-bond acceptors (Lipinski definition) is 4. The second-order valence-electron chi connectivity index (χ2n) is 6.16. The summed E-state index contributed by atoms with van der Waals surface area (Å²) in [7, 11) is 1.49. The Hall–Kier alpha value is -1.71. The summed E-state index contributed by atoms with van der Waals surface area (Å²) in [5, 5.41) is 10.5. The minimum Gasteiger partial charge on any atom is -0.507 e. The van der Waals surface area contributed by atoms with E-state index in [0.717, 1.165) is 6.42 Å². The van der Waals surface area contributed by atoms with E-state index in [1.807, 2.05) is 13.8 Å². The molecule has 0 fully saturated rings. The van der Waals surface area contributed by atoms with Gasteiger partial charge in [0.25, 0.3) is 0 Å². The lowest BCUT2D eigenvalue weighted by Gasteiger charge is -2.33. The minimum absolute atomic E-state index is 0.00792. The van der Waals surface area contributed by atoms with Crippen molar-refractivity contribution < 1.29 is 19.4 Å². The fourth-order valence-corrected chi connectivity index (χ4v) is 2.46. The molecule has 2 rings (SSSR count). The quantitative estimate of drug-likeness (QED) is 0.861. The van der Waals surface area contributed by atoms with Crippen LogP contribution in [0.1, 0.15) is 50.0 Å². The van der Waals surface area contributed by atoms with Crippen molar-refractivity contribution in [3.63, 3.8) is 0 Å². The predicted octanol–water partition coefficient (Wildman–Crippen LogP) is 3.34. The molecule has 1 aromatic carbocycles. The average Bonchev–Trinajstić information content (AvgIpc) is 2.36. The third-order valence-electron chi connectivity index (χ3n) is 3.68. The number of carbonyl (C=O) groups excluding carboxylic acids is 1. The van der Waals surface area contributed by atoms with Gasteiger partial charge in [-0.1, -0.05) is 13.8 Å². The Labute approximate surface area is 119 Å². The molecule has 1 aliphatic heterocycles. The standard InChI is InChI=1S/C16H22O4/c1-9(2)14(17)13-12(19-5)8-11-10(15(13)18)6-7-16(3,4)20-11/h8-9,18H,6-7H2,1-5H3. The van der Waals surface area contributed by atoms with Gasteiger partial charge in [0.05, 0.1) is 7.11 Å². The molecule has 1 aliphatic rings. The zero-order valence-corrected chi connectivity index (χ0v) is 12.7. The van der Waals surface area contributed by atoms with Gasteiger partial charge in [0.15, 0.2) is 5.78 Å². The van der Waals surface area contributed by atoms with E-state index in [9.17, 15) is 9.90 Å². The average molecular weight is 278 g/mol. The fourth-order valence-electron chi connectivity index (χ4n) is 2.46. The molecule has 0 bridgehead atoms. The van der Waals surface area contributed by atoms with Crippen LogP contribution in [0.25, 0.3) is 0 Å². The summed E-state index contributed by atoms with van der Waals surface area (Å²) in [6.07, 6.45) is 1.49. The highest BCUT2D eigenvalue weighted by Gasteiger charge is 2.32. The van der Waals surface area contributed by atoms with Crippen molar-refractivity contribution in [3.8, 4) is 17.2 Å². The van der Waals surface area contributed by atoms with Gasteiger partial charge >= 0.3 is 0 Å². The van der Waals surface area contributed by atoms with Crippen molar-refractivity contribution in [2.75, 3.05) is 7.11 Å². The molecule has 1 N–H and O–H groups in total. The van der Waals surface area contributed by atoms with Gasteiger partial charge in [0.1, 0.15) is 28.4 Å². The van der Waals surface area contributed by atoms with Crippen LogP contribution in [0.3, 0.4) is 0 Å². The normalized spacial score (nSPS) is 16.5. The predicted molar refractivity (Wildman–Crippen MR) is 76.9 cm³/mol. The van der Waals surface area contributed by atoms with E-state index < -0.39 is 0 Å². The van der Waals surface area contributed by atoms with Crippen LogP contribution in [0.5, 0.6) is 17.2 Å². The second-order valence-corrected chi connectivity index (χ2v) is 6.16. The van der Waals surface area contributed by atoms with Crippen LogP contribution in [0.2, 0.25) is 0 Å². The Morgan fingerprint density at radius 2 is 2.10 bits per heavy atom. The maximum atomic E-state index is 12.3. The van der Waals surface area contributed by atoms with E-state index in [1.54, 1.807) is 19.9 Å². The van der Waals surface area contributed by atoms with E-state index in [4.69, 9.17) is 9.47 Å². The summed E-state index contributed by atoms with van der Waals surface area (Å²) < 4.78 is 11.2. The summed E-state index contributed by atoms with van der Waals surface area (Å²) in [6, 6.07) is 1.71. The van der Waals surface area contributed by atoms with E-state index >= 15 is 0 Å². The fraction of sp³-hybridized carbons (Fsp3) is 0.562. The number of methoxy groups -OCH3 is 1. The first-order chi connectivity index (χ1) is 9.26. The third-order valence-corrected chi connectivity index (χ3v) is 3.68. The van der Waals surface area contributed by atoms with E-state index in [0.29, 0.717) is 23.5 Å². The van der Waals surface area contributed by atoms with Crippen molar-refractivity contribution in [2.24, 2.45) is 5.92 Å². The highest BCUT2D eigenvalue weighted by Crippen LogP contribution is 2.44. The first-order valence-corrected chi connectivity index (χ1v) is 6.93. The first kappa shape index (κ1) is 14.7. The Kier molecular flexibility index (Phi) is 3.67. The van der Waals surface area contributed by atoms with Crippen molar-refractivity contribution >= 4 is 5.78 Å². The van der Waals surface area contributed by atoms with E-state index in [1.165, 1.54) is 7.11 Å². The van der Waals surface area contributed by atoms with Gasteiger partial charge in [0.2, 0.25) is 0 Å². The lowest BCUT2D eigenvalue weighted by Crippen LogP contribution is -2.32. The topological polar surface area (TPSA) is 55.8 Å². The third kappa shape index (κ3) is 2.47. The minimum atomic E-state index is -0.270. The highest BCUT2D eigenvalue weighted by molar-refractivity contribution is 6.03. The van der Waals surface area contributed by atoms with Crippen LogP contribution in [-0.4, -0.2) is 23.6 Å². The molecule has 0 aliphatic carbocycles. The number of fused-ring (bicyclic) bond motifs is 1. The number of ketones is 1. The summed E-state index contributed by atoms with van der Waals surface area (Å²) >= 11 is 0. The monoisotopic (exact) mass is 278 g/mol. The summed E-state index contributed by atoms with van der Waals surface area (Å²) in [6.45, 7) is 7.62. The number of ether oxygens (including phenoxy) is 2. The van der Waals surface area contributed by atoms with Crippen molar-refractivity contribution in [3.05, 3.63) is 17.2 Å². The maximum absolute atomic E-state index is 12.3. The molecule has 1 heterocycles. The highest BCUT2D eigenvalue weighted by atomic mass is 16.5. The molecule has 0 atom stereocenters. The van der Waals surface area contributed by atoms with Crippen molar-refractivity contribution in [2.45, 2.75) is 46.1 Å². The number of benzene rings is 1. The lowest BCUT2D eigenvalue weighted by molar-refractivity contribution is 0.0828. The number of Topliss-reactive ketones (excluding diaryl/α,β-unsaturated/α-hetero) is 1. The number of phenols is 1. The number of hydrogen-bond donors (Lipinski definition) is 1. The van der Waals surface area contributed by atoms with E-state index in [2.05, 4.69) is 0 Å². The first-order valence-electron chi connectivity index (χ1n) is 6.93. The van der Waals surface area contributed by atoms with Crippen molar-refractivity contribution in [1.82, 2.24) is 0 Å². The summed E-state index contributed by atoms with van der Waals surface area (Å²) in [5.74, 6) is 0.669. The van der Waals surface area contributed by atoms with Gasteiger partial charge in [-0.05, 0) is 26.7 Å². The maximum Gasteiger partial charge on any atom is 0.172 e. The second kappa shape index (κ2) is 5.00. The molecule has 0 radical (unpaired) electrons. The zero-order valence-electron chi connectivity index (χ0n) is 12.7. The van der Waals surface area contributed by atoms with Gasteiger partial charge in [-0.25, -0.2) is 0 Å². The van der Waals surface area contributed by atoms with Gasteiger partial charge in [-0.3, -0.25) is 4.79 Å². The van der Waals surface area contributed by atoms with Crippen LogP contribution in [0, 0.1) is 5.92 Å². The number of carbonyl (C=O) groups is 1. The van der Waals surface area contributed by atoms with Crippen LogP contribution in [0.4, 0.5) is 0 Å². The molecule has 0 saturated carbocycles. The van der Waals surface area contributed by atoms with E-state index in [-0.39, 0.29) is 28.6 Å². The van der Waals surface area contributed by atoms with Gasteiger partial charge in [0, 0.05) is 17.5 Å². The van der Waals surface area contributed by atoms with Gasteiger partial charge in [-0.2, -0.15) is 0 Å². The molecule has 0 aromatic heterocycles. The number of rotatable bonds is 3. The molecule has 110 valence electrons. The summed E-state index contributed by atoms with van der Waals surface area (Å²) in [5.41, 5.74) is 0.701. The van der Waals surface area contributed by atoms with Crippen molar-refractivity contribution in [1.29, 1.82) is 0 Å². The molecule has 0 amide bonds. The zero-order chi connectivity index (χ0) is 15.1. The Morgan fingerprint density at radius 3 is 2.65 bits per heavy atom. The molecule has 1 aromatic rings. The molecule has 0 unspecified atom stereocenters. The largest absolute Gasteiger partial charge is 0.507 e. The Morgan fingerprint density at radius 1 is 1.45 bits per heavy atom. The molecule has 4 heteroatoms. The van der Waals surface area contributed by atoms with Crippen LogP contribution in [0.15, 0.2) is 6.07 Å². The Balaban J connectivity index is 2.59. The van der Waals surface area contributed by atoms with Gasteiger partial charge in [-0.15, -0.1) is 0 Å². The van der Waals surface area contributed by atoms with Gasteiger partial charge < -0.3 is 14.6 Å². The molecular weight excluding hydrogens is 256 g/mol. The SMILES string of the molecule is COc1cc2c(c(O)c1C(=O)C(C)C)CCC(C)(C)O2. The van der Waals surface area contributed by atoms with Crippen LogP contribution >= 0.6 is 0 Å². The molecule has 0 spiro atoms. The van der Waals surface area contributed by atoms with Crippen LogP contribution in [-0.2, 0) is 6.42 Å². The smallest absolute Gasteiger partial charge is 0.172 e. The van der Waals surface area contributed by atoms with Crippen LogP contribution < -0.4 is 9.47 Å². The Bertz CT molecular complexity index is 544. The molecule has 4 nitrogen and oxygen atoms in total. The molecule has 20 heavy (non-hydrogen) atoms. The summed E-state index contributed by atoms with van der Waals surface area (Å²) in [4.78, 5) is 12.3. The molecular formula is C16H22O4.